The number of aromatic nitrogens is 2. The van der Waals surface area contributed by atoms with Gasteiger partial charge in [0, 0.05) is 0 Å². The van der Waals surface area contributed by atoms with Crippen LogP contribution in [0.3, 0.4) is 0 Å². The lowest BCUT2D eigenvalue weighted by molar-refractivity contribution is -0.139. The number of ether oxygens (including phenoxy) is 1. The largest absolute Gasteiger partial charge is 0.479 e. The van der Waals surface area contributed by atoms with Crippen LogP contribution >= 0.6 is 23.2 Å². The normalized spacial score (nSPS) is 11.4. The summed E-state index contributed by atoms with van der Waals surface area (Å²) in [4.78, 5) is 18.2. The second-order valence-corrected chi connectivity index (χ2v) is 6.59. The fraction of sp³-hybridized carbons (Fsp3) is 0.105. The van der Waals surface area contributed by atoms with Gasteiger partial charge >= 0.3 is 5.97 Å². The number of nitrogens with one attached hydrogen (secondary N) is 1. The Morgan fingerprint density at radius 3 is 2.67 bits per heavy atom. The fourth-order valence-corrected chi connectivity index (χ4v) is 3.12. The van der Waals surface area contributed by atoms with Gasteiger partial charge in [0.05, 0.1) is 26.7 Å². The topological polar surface area (TPSA) is 99.0 Å². The molecular formula is C19H13Cl2N3O3. The minimum atomic E-state index is -1.14. The predicted molar refractivity (Wildman–Crippen MR) is 104 cm³/mol. The van der Waals surface area contributed by atoms with E-state index >= 15 is 0 Å². The third kappa shape index (κ3) is 4.22. The first-order chi connectivity index (χ1) is 12.9. The van der Waals surface area contributed by atoms with E-state index in [1.165, 1.54) is 12.1 Å². The lowest BCUT2D eigenvalue weighted by Crippen LogP contribution is -2.10. The second kappa shape index (κ2) is 7.70. The number of hydrogen-bond acceptors (Lipinski definition) is 4. The number of rotatable bonds is 5. The molecule has 0 aliphatic rings. The van der Waals surface area contributed by atoms with Crippen molar-refractivity contribution >= 4 is 51.9 Å². The lowest BCUT2D eigenvalue weighted by Gasteiger charge is -2.09. The van der Waals surface area contributed by atoms with Crippen molar-refractivity contribution in [3.63, 3.8) is 0 Å². The molecule has 0 amide bonds. The molecular weight excluding hydrogens is 389 g/mol. The molecule has 2 aromatic carbocycles. The van der Waals surface area contributed by atoms with Gasteiger partial charge in [0.25, 0.3) is 0 Å². The van der Waals surface area contributed by atoms with E-state index < -0.39 is 12.6 Å². The maximum absolute atomic E-state index is 10.6. The third-order valence-corrected chi connectivity index (χ3v) is 4.25. The van der Waals surface area contributed by atoms with Crippen molar-refractivity contribution in [2.24, 2.45) is 0 Å². The van der Waals surface area contributed by atoms with E-state index in [0.29, 0.717) is 17.0 Å². The molecule has 3 rings (SSSR count). The van der Waals surface area contributed by atoms with Crippen LogP contribution in [0.4, 0.5) is 0 Å². The first-order valence-corrected chi connectivity index (χ1v) is 8.55. The molecule has 0 aliphatic heterocycles. The molecule has 0 saturated carbocycles. The molecule has 0 saturated heterocycles. The lowest BCUT2D eigenvalue weighted by atomic mass is 10.1. The van der Waals surface area contributed by atoms with Crippen molar-refractivity contribution in [3.05, 3.63) is 57.3 Å². The van der Waals surface area contributed by atoms with Crippen LogP contribution < -0.4 is 4.74 Å². The molecule has 8 heteroatoms. The minimum absolute atomic E-state index is 0.0793. The summed E-state index contributed by atoms with van der Waals surface area (Å²) in [5.74, 6) is -0.634. The average molecular weight is 402 g/mol. The zero-order valence-corrected chi connectivity index (χ0v) is 15.6. The summed E-state index contributed by atoms with van der Waals surface area (Å²) in [5, 5.41) is 18.5. The first kappa shape index (κ1) is 18.8. The number of benzene rings is 2. The number of carboxylic acid groups (broad SMARTS) is 1. The van der Waals surface area contributed by atoms with Crippen molar-refractivity contribution in [1.29, 1.82) is 5.26 Å². The monoisotopic (exact) mass is 401 g/mol. The summed E-state index contributed by atoms with van der Waals surface area (Å²) in [5.41, 5.74) is 3.52. The van der Waals surface area contributed by atoms with Crippen molar-refractivity contribution < 1.29 is 14.6 Å². The Labute approximate surface area is 164 Å². The zero-order valence-electron chi connectivity index (χ0n) is 14.1. The number of imidazole rings is 1. The Hall–Kier alpha value is -3.01. The Morgan fingerprint density at radius 1 is 1.33 bits per heavy atom. The van der Waals surface area contributed by atoms with Gasteiger partial charge in [0.15, 0.2) is 12.4 Å². The predicted octanol–water partition coefficient (Wildman–Crippen LogP) is 4.71. The Balaban J connectivity index is 1.97. The van der Waals surface area contributed by atoms with Crippen LogP contribution in [-0.2, 0) is 4.79 Å². The van der Waals surface area contributed by atoms with E-state index in [4.69, 9.17) is 33.0 Å². The molecule has 2 N–H and O–H groups in total. The van der Waals surface area contributed by atoms with Gasteiger partial charge in [-0.15, -0.1) is 0 Å². The van der Waals surface area contributed by atoms with E-state index in [9.17, 15) is 10.1 Å². The highest BCUT2D eigenvalue weighted by molar-refractivity contribution is 6.37. The van der Waals surface area contributed by atoms with E-state index in [1.54, 1.807) is 6.08 Å². The van der Waals surface area contributed by atoms with E-state index in [-0.39, 0.29) is 15.8 Å². The maximum Gasteiger partial charge on any atom is 0.341 e. The van der Waals surface area contributed by atoms with Gasteiger partial charge in [-0.2, -0.15) is 5.26 Å². The van der Waals surface area contributed by atoms with Crippen LogP contribution in [0.1, 0.15) is 17.0 Å². The third-order valence-electron chi connectivity index (χ3n) is 3.68. The number of nitrogens with zero attached hydrogens (tertiary/aromatic N) is 2. The van der Waals surface area contributed by atoms with E-state index in [1.807, 2.05) is 25.1 Å². The first-order valence-electron chi connectivity index (χ1n) is 7.79. The number of fused-ring (bicyclic) bond motifs is 1. The molecule has 0 unspecified atom stereocenters. The highest BCUT2D eigenvalue weighted by atomic mass is 35.5. The summed E-state index contributed by atoms with van der Waals surface area (Å²) >= 11 is 12.3. The number of carbonyl (C=O) groups is 1. The summed E-state index contributed by atoms with van der Waals surface area (Å²) in [6, 6.07) is 10.9. The summed E-state index contributed by atoms with van der Waals surface area (Å²) in [6.45, 7) is 1.41. The molecule has 0 fully saturated rings. The van der Waals surface area contributed by atoms with Gasteiger partial charge in [-0.1, -0.05) is 29.3 Å². The van der Waals surface area contributed by atoms with Crippen LogP contribution in [0.2, 0.25) is 10.0 Å². The molecule has 1 heterocycles. The smallest absolute Gasteiger partial charge is 0.341 e. The quantitative estimate of drug-likeness (QED) is 0.603. The number of H-pyrrole nitrogens is 1. The summed E-state index contributed by atoms with van der Waals surface area (Å²) in [7, 11) is 0. The van der Waals surface area contributed by atoms with Crippen LogP contribution in [0.15, 0.2) is 30.3 Å². The zero-order chi connectivity index (χ0) is 19.6. The number of allylic oxidation sites excluding steroid dienone is 1. The van der Waals surface area contributed by atoms with Gasteiger partial charge in [-0.3, -0.25) is 0 Å². The van der Waals surface area contributed by atoms with Crippen molar-refractivity contribution in [1.82, 2.24) is 9.97 Å². The minimum Gasteiger partial charge on any atom is -0.479 e. The molecule has 0 aliphatic carbocycles. The van der Waals surface area contributed by atoms with Crippen LogP contribution in [0.5, 0.6) is 5.75 Å². The second-order valence-electron chi connectivity index (χ2n) is 5.77. The van der Waals surface area contributed by atoms with Crippen molar-refractivity contribution in [2.45, 2.75) is 6.92 Å². The molecule has 3 aromatic rings. The summed E-state index contributed by atoms with van der Waals surface area (Å²) < 4.78 is 5.08. The number of hydrogen-bond donors (Lipinski definition) is 2. The van der Waals surface area contributed by atoms with Crippen molar-refractivity contribution in [3.8, 4) is 11.8 Å². The Bertz CT molecular complexity index is 1090. The molecule has 27 heavy (non-hydrogen) atoms. The average Bonchev–Trinajstić information content (AvgIpc) is 3.01. The SMILES string of the molecule is Cc1ccc2nc(/C(C#N)=C\c3cc(Cl)c(OCC(=O)O)c(Cl)c3)[nH]c2c1. The maximum atomic E-state index is 10.6. The van der Waals surface area contributed by atoms with Gasteiger partial charge < -0.3 is 14.8 Å². The van der Waals surface area contributed by atoms with Crippen LogP contribution in [-0.4, -0.2) is 27.7 Å². The van der Waals surface area contributed by atoms with E-state index in [2.05, 4.69) is 16.0 Å². The fourth-order valence-electron chi connectivity index (χ4n) is 2.51. The van der Waals surface area contributed by atoms with Crippen LogP contribution in [0, 0.1) is 18.3 Å². The highest BCUT2D eigenvalue weighted by Crippen LogP contribution is 2.35. The molecule has 0 bridgehead atoms. The van der Waals surface area contributed by atoms with E-state index in [0.717, 1.165) is 16.6 Å². The highest BCUT2D eigenvalue weighted by Gasteiger charge is 2.13. The van der Waals surface area contributed by atoms with Crippen molar-refractivity contribution in [2.75, 3.05) is 6.61 Å². The molecule has 0 radical (unpaired) electrons. The summed E-state index contributed by atoms with van der Waals surface area (Å²) in [6.07, 6.45) is 1.59. The number of aromatic amines is 1. The molecule has 1 aromatic heterocycles. The molecule has 6 nitrogen and oxygen atoms in total. The van der Waals surface area contributed by atoms with Gasteiger partial charge in [0.2, 0.25) is 0 Å². The number of carboxylic acids is 1. The Morgan fingerprint density at radius 2 is 2.04 bits per heavy atom. The van der Waals surface area contributed by atoms with Crippen LogP contribution in [0.25, 0.3) is 22.7 Å². The Kier molecular flexibility index (Phi) is 5.36. The van der Waals surface area contributed by atoms with Gasteiger partial charge in [-0.25, -0.2) is 9.78 Å². The van der Waals surface area contributed by atoms with Gasteiger partial charge in [0.1, 0.15) is 11.9 Å². The standard InChI is InChI=1S/C19H13Cl2N3O3/c1-10-2-3-15-16(4-10)24-19(23-15)12(8-22)5-11-6-13(20)18(14(21)7-11)27-9-17(25)26/h2-7H,9H2,1H3,(H,23,24)(H,25,26)/b12-5-. The van der Waals surface area contributed by atoms with Gasteiger partial charge in [-0.05, 0) is 48.4 Å². The molecule has 136 valence electrons. The molecule has 0 atom stereocenters. The number of aryl methyl sites for hydroxylation is 1. The number of nitriles is 1. The molecule has 0 spiro atoms. The number of aliphatic carboxylic acids is 1. The number of halogens is 2.